The molecule has 1 aromatic heterocycles. The molecule has 1 amide bonds. The van der Waals surface area contributed by atoms with Crippen molar-refractivity contribution < 1.29 is 23.1 Å². The largest absolute Gasteiger partial charge is 0.468 e. The van der Waals surface area contributed by atoms with Crippen LogP contribution in [0.3, 0.4) is 0 Å². The van der Waals surface area contributed by atoms with Crippen LogP contribution < -0.4 is 0 Å². The van der Waals surface area contributed by atoms with Gasteiger partial charge in [-0.3, -0.25) is 4.79 Å². The van der Waals surface area contributed by atoms with E-state index in [0.29, 0.717) is 23.3 Å². The van der Waals surface area contributed by atoms with Crippen molar-refractivity contribution in [1.82, 2.24) is 4.90 Å². The third-order valence-corrected chi connectivity index (χ3v) is 4.74. The molecule has 2 heterocycles. The first-order chi connectivity index (χ1) is 11.5. The molecule has 6 heteroatoms. The molecule has 2 aliphatic rings. The maximum atomic E-state index is 13.6. The van der Waals surface area contributed by atoms with Crippen LogP contribution in [-0.2, 0) is 0 Å². The highest BCUT2D eigenvalue weighted by Crippen LogP contribution is 2.43. The summed E-state index contributed by atoms with van der Waals surface area (Å²) in [7, 11) is 0. The van der Waals surface area contributed by atoms with E-state index in [4.69, 9.17) is 4.42 Å². The number of β-amino-alcohol motifs (C(OH)–C–C–N with tert-alkyl or cyclic N) is 1. The fourth-order valence-corrected chi connectivity index (χ4v) is 3.39. The number of carbonyl (C=O) groups is 1. The van der Waals surface area contributed by atoms with Crippen molar-refractivity contribution in [2.24, 2.45) is 0 Å². The summed E-state index contributed by atoms with van der Waals surface area (Å²) in [5.74, 6) is -1.15. The lowest BCUT2D eigenvalue weighted by Gasteiger charge is -2.25. The van der Waals surface area contributed by atoms with Gasteiger partial charge >= 0.3 is 0 Å². The van der Waals surface area contributed by atoms with Crippen molar-refractivity contribution >= 4 is 5.91 Å². The Labute approximate surface area is 137 Å². The van der Waals surface area contributed by atoms with Gasteiger partial charge in [0.05, 0.1) is 24.0 Å². The molecule has 2 aromatic rings. The zero-order valence-electron chi connectivity index (χ0n) is 12.9. The number of likely N-dealkylation sites (tertiary alicyclic amines) is 1. The molecule has 2 atom stereocenters. The van der Waals surface area contributed by atoms with Crippen molar-refractivity contribution in [3.05, 3.63) is 59.1 Å². The Morgan fingerprint density at radius 1 is 1.21 bits per heavy atom. The van der Waals surface area contributed by atoms with E-state index in [9.17, 15) is 18.7 Å². The number of carbonyl (C=O) groups excluding carboxylic acids is 1. The van der Waals surface area contributed by atoms with E-state index < -0.39 is 23.8 Å². The average molecular weight is 333 g/mol. The number of benzene rings is 1. The Bertz CT molecular complexity index is 784. The van der Waals surface area contributed by atoms with Crippen molar-refractivity contribution in [2.45, 2.75) is 37.3 Å². The van der Waals surface area contributed by atoms with Crippen LogP contribution in [0.25, 0.3) is 0 Å². The lowest BCUT2D eigenvalue weighted by molar-refractivity contribution is 0.0713. The Morgan fingerprint density at radius 2 is 2.00 bits per heavy atom. The second kappa shape index (κ2) is 5.70. The highest BCUT2D eigenvalue weighted by atomic mass is 19.2. The number of nitrogens with zero attached hydrogens (tertiary/aromatic N) is 1. The smallest absolute Gasteiger partial charge is 0.258 e. The van der Waals surface area contributed by atoms with Crippen molar-refractivity contribution in [3.8, 4) is 0 Å². The number of halogens is 2. The van der Waals surface area contributed by atoms with Crippen LogP contribution in [0.5, 0.6) is 0 Å². The summed E-state index contributed by atoms with van der Waals surface area (Å²) < 4.78 is 32.2. The van der Waals surface area contributed by atoms with Gasteiger partial charge in [0.25, 0.3) is 5.91 Å². The quantitative estimate of drug-likeness (QED) is 0.937. The molecule has 0 bridgehead atoms. The SMILES string of the molecule is O=C(c1ccoc1C1CC1)N1C[C@H](O)C[C@H]1c1ccc(F)c(F)c1. The Hall–Kier alpha value is -2.21. The van der Waals surface area contributed by atoms with E-state index in [-0.39, 0.29) is 18.4 Å². The molecule has 1 aromatic carbocycles. The van der Waals surface area contributed by atoms with Gasteiger partial charge in [0.15, 0.2) is 11.6 Å². The summed E-state index contributed by atoms with van der Waals surface area (Å²) in [5.41, 5.74) is 0.981. The summed E-state index contributed by atoms with van der Waals surface area (Å²) in [6.45, 7) is 0.164. The molecule has 4 nitrogen and oxygen atoms in total. The second-order valence-electron chi connectivity index (χ2n) is 6.51. The number of hydrogen-bond acceptors (Lipinski definition) is 3. The van der Waals surface area contributed by atoms with Gasteiger partial charge in [0.2, 0.25) is 0 Å². The minimum atomic E-state index is -0.955. The molecule has 0 spiro atoms. The summed E-state index contributed by atoms with van der Waals surface area (Å²) in [5, 5.41) is 10.0. The lowest BCUT2D eigenvalue weighted by Crippen LogP contribution is -2.32. The molecular formula is C18H17F2NO3. The highest BCUT2D eigenvalue weighted by molar-refractivity contribution is 5.96. The third kappa shape index (κ3) is 2.60. The van der Waals surface area contributed by atoms with Crippen LogP contribution in [0.1, 0.15) is 52.9 Å². The molecule has 1 N–H and O–H groups in total. The summed E-state index contributed by atoms with van der Waals surface area (Å²) in [4.78, 5) is 14.5. The number of aliphatic hydroxyl groups is 1. The normalized spacial score (nSPS) is 23.7. The van der Waals surface area contributed by atoms with Gasteiger partial charge in [0, 0.05) is 12.5 Å². The molecular weight excluding hydrogens is 316 g/mol. The van der Waals surface area contributed by atoms with Crippen LogP contribution in [-0.4, -0.2) is 28.6 Å². The van der Waals surface area contributed by atoms with E-state index in [0.717, 1.165) is 25.0 Å². The highest BCUT2D eigenvalue weighted by Gasteiger charge is 2.39. The number of furan rings is 1. The van der Waals surface area contributed by atoms with Gasteiger partial charge in [-0.1, -0.05) is 6.07 Å². The molecule has 2 fully saturated rings. The van der Waals surface area contributed by atoms with Gasteiger partial charge in [-0.25, -0.2) is 8.78 Å². The maximum Gasteiger partial charge on any atom is 0.258 e. The van der Waals surface area contributed by atoms with Gasteiger partial charge < -0.3 is 14.4 Å². The molecule has 1 aliphatic carbocycles. The van der Waals surface area contributed by atoms with E-state index in [1.807, 2.05) is 0 Å². The van der Waals surface area contributed by atoms with Crippen LogP contribution in [0.4, 0.5) is 8.78 Å². The van der Waals surface area contributed by atoms with Gasteiger partial charge in [0.1, 0.15) is 5.76 Å². The summed E-state index contributed by atoms with van der Waals surface area (Å²) in [6.07, 6.45) is 3.11. The number of hydrogen-bond donors (Lipinski definition) is 1. The number of aliphatic hydroxyl groups excluding tert-OH is 1. The first-order valence-electron chi connectivity index (χ1n) is 8.06. The Balaban J connectivity index is 1.65. The maximum absolute atomic E-state index is 13.6. The van der Waals surface area contributed by atoms with Crippen LogP contribution >= 0.6 is 0 Å². The van der Waals surface area contributed by atoms with E-state index in [1.165, 1.54) is 17.2 Å². The fourth-order valence-electron chi connectivity index (χ4n) is 3.39. The van der Waals surface area contributed by atoms with E-state index in [2.05, 4.69) is 0 Å². The average Bonchev–Trinajstić information content (AvgIpc) is 3.15. The molecule has 1 saturated carbocycles. The molecule has 24 heavy (non-hydrogen) atoms. The van der Waals surface area contributed by atoms with Crippen LogP contribution in [0.2, 0.25) is 0 Å². The third-order valence-electron chi connectivity index (χ3n) is 4.74. The van der Waals surface area contributed by atoms with E-state index in [1.54, 1.807) is 6.07 Å². The van der Waals surface area contributed by atoms with Crippen LogP contribution in [0, 0.1) is 11.6 Å². The van der Waals surface area contributed by atoms with Crippen molar-refractivity contribution in [1.29, 1.82) is 0 Å². The minimum absolute atomic E-state index is 0.164. The molecule has 1 aliphatic heterocycles. The number of rotatable bonds is 3. The fraction of sp³-hybridized carbons (Fsp3) is 0.389. The zero-order valence-corrected chi connectivity index (χ0v) is 12.9. The molecule has 0 unspecified atom stereocenters. The number of amides is 1. The molecule has 126 valence electrons. The predicted octanol–water partition coefficient (Wildman–Crippen LogP) is 3.38. The standard InChI is InChI=1S/C18H17F2NO3/c19-14-4-3-11(7-15(14)20)16-8-12(22)9-21(16)18(23)13-5-6-24-17(13)10-1-2-10/h3-7,10,12,16,22H,1-2,8-9H2/t12-,16+/m1/s1. The topological polar surface area (TPSA) is 53.7 Å². The molecule has 4 rings (SSSR count). The first-order valence-corrected chi connectivity index (χ1v) is 8.06. The van der Waals surface area contributed by atoms with Crippen molar-refractivity contribution in [2.75, 3.05) is 6.54 Å². The molecule has 1 saturated heterocycles. The van der Waals surface area contributed by atoms with Gasteiger partial charge in [-0.05, 0) is 43.0 Å². The predicted molar refractivity (Wildman–Crippen MR) is 81.4 cm³/mol. The second-order valence-corrected chi connectivity index (χ2v) is 6.51. The minimum Gasteiger partial charge on any atom is -0.468 e. The van der Waals surface area contributed by atoms with Crippen molar-refractivity contribution in [3.63, 3.8) is 0 Å². The Morgan fingerprint density at radius 3 is 2.71 bits per heavy atom. The first kappa shape index (κ1) is 15.3. The Kier molecular flexibility index (Phi) is 3.64. The van der Waals surface area contributed by atoms with Gasteiger partial charge in [-0.15, -0.1) is 0 Å². The summed E-state index contributed by atoms with van der Waals surface area (Å²) >= 11 is 0. The zero-order chi connectivity index (χ0) is 16.8. The van der Waals surface area contributed by atoms with Crippen LogP contribution in [0.15, 0.2) is 34.9 Å². The summed E-state index contributed by atoms with van der Waals surface area (Å²) in [6, 6.07) is 4.76. The lowest BCUT2D eigenvalue weighted by atomic mass is 10.0. The monoisotopic (exact) mass is 333 g/mol. The van der Waals surface area contributed by atoms with E-state index >= 15 is 0 Å². The molecule has 0 radical (unpaired) electrons. The van der Waals surface area contributed by atoms with Gasteiger partial charge in [-0.2, -0.15) is 0 Å².